The van der Waals surface area contributed by atoms with Crippen molar-refractivity contribution in [3.63, 3.8) is 0 Å². The molecule has 0 aromatic heterocycles. The molecule has 0 spiro atoms. The average Bonchev–Trinajstić information content (AvgIpc) is 2.94. The minimum Gasteiger partial charge on any atom is -0.482 e. The number of hydrogen-bond acceptors (Lipinski definition) is 8. The number of carbonyl (C=O) groups excluding carboxylic acids is 4. The first-order chi connectivity index (χ1) is 13.3. The van der Waals surface area contributed by atoms with Crippen LogP contribution in [0.15, 0.2) is 29.2 Å². The van der Waals surface area contributed by atoms with Crippen LogP contribution in [0.3, 0.4) is 0 Å². The highest BCUT2D eigenvalue weighted by molar-refractivity contribution is 8.18. The number of rotatable bonds is 8. The second kappa shape index (κ2) is 9.93. The summed E-state index contributed by atoms with van der Waals surface area (Å²) in [5, 5.41) is -0.518. The van der Waals surface area contributed by atoms with Crippen LogP contribution in [0.25, 0.3) is 6.08 Å². The first-order valence-corrected chi connectivity index (χ1v) is 9.40. The normalized spacial score (nSPS) is 16.2. The van der Waals surface area contributed by atoms with Crippen molar-refractivity contribution in [3.8, 4) is 5.75 Å². The fourth-order valence-electron chi connectivity index (χ4n) is 2.12. The molecule has 150 valence electrons. The molecule has 1 heterocycles. The average molecular weight is 407 g/mol. The molecule has 28 heavy (non-hydrogen) atoms. The number of hydrogen-bond donors (Lipinski definition) is 0. The number of nitrogens with zero attached hydrogens (tertiary/aromatic N) is 1. The molecular formula is C19H21NO7S. The van der Waals surface area contributed by atoms with Crippen LogP contribution in [0.5, 0.6) is 5.75 Å². The summed E-state index contributed by atoms with van der Waals surface area (Å²) in [6.45, 7) is 2.99. The summed E-state index contributed by atoms with van der Waals surface area (Å²) in [4.78, 5) is 48.5. The molecule has 1 aliphatic heterocycles. The highest BCUT2D eigenvalue weighted by Crippen LogP contribution is 2.32. The van der Waals surface area contributed by atoms with Crippen molar-refractivity contribution in [2.75, 3.05) is 20.3 Å². The largest absolute Gasteiger partial charge is 0.482 e. The van der Waals surface area contributed by atoms with E-state index in [2.05, 4.69) is 4.74 Å². The highest BCUT2D eigenvalue weighted by atomic mass is 32.2. The topological polar surface area (TPSA) is 99.2 Å². The van der Waals surface area contributed by atoms with E-state index in [1.165, 1.54) is 7.11 Å². The van der Waals surface area contributed by atoms with Crippen LogP contribution in [-0.2, 0) is 23.9 Å². The van der Waals surface area contributed by atoms with E-state index in [9.17, 15) is 19.2 Å². The zero-order chi connectivity index (χ0) is 20.7. The van der Waals surface area contributed by atoms with Gasteiger partial charge in [0.15, 0.2) is 6.61 Å². The number of thioether (sulfide) groups is 1. The maximum atomic E-state index is 12.4. The zero-order valence-electron chi connectivity index (χ0n) is 15.8. The monoisotopic (exact) mass is 407 g/mol. The molecule has 2 rings (SSSR count). The van der Waals surface area contributed by atoms with E-state index in [4.69, 9.17) is 9.47 Å². The molecular weight excluding hydrogens is 386 g/mol. The van der Waals surface area contributed by atoms with E-state index in [1.807, 2.05) is 6.92 Å². The van der Waals surface area contributed by atoms with Crippen LogP contribution in [0.1, 0.15) is 25.8 Å². The Kier molecular flexibility index (Phi) is 7.62. The van der Waals surface area contributed by atoms with Crippen LogP contribution in [0, 0.1) is 0 Å². The molecule has 1 aromatic rings. The number of ether oxygens (including phenoxy) is 3. The van der Waals surface area contributed by atoms with Crippen molar-refractivity contribution in [2.24, 2.45) is 0 Å². The van der Waals surface area contributed by atoms with Gasteiger partial charge in [-0.15, -0.1) is 0 Å². The lowest BCUT2D eigenvalue weighted by Gasteiger charge is -2.14. The van der Waals surface area contributed by atoms with Crippen LogP contribution < -0.4 is 4.74 Å². The minimum absolute atomic E-state index is 0.207. The predicted octanol–water partition coefficient (Wildman–Crippen LogP) is 2.62. The fraction of sp³-hybridized carbons (Fsp3) is 0.368. The van der Waals surface area contributed by atoms with E-state index in [0.29, 0.717) is 17.7 Å². The van der Waals surface area contributed by atoms with Crippen molar-refractivity contribution >= 4 is 40.9 Å². The molecule has 0 unspecified atom stereocenters. The standard InChI is InChI=1S/C19H21NO7S/c1-4-12(2)27-16(21)10-20-18(23)15(28-19(20)24)9-13-5-7-14(8-6-13)26-11-17(22)25-3/h5-9,12H,4,10-11H2,1-3H3/b15-9-/t12-/m1/s1. The number of esters is 2. The molecule has 0 aliphatic carbocycles. The Labute approximate surface area is 166 Å². The van der Waals surface area contributed by atoms with E-state index in [0.717, 1.165) is 16.7 Å². The molecule has 2 amide bonds. The molecule has 0 bridgehead atoms. The van der Waals surface area contributed by atoms with Crippen molar-refractivity contribution in [1.82, 2.24) is 4.90 Å². The quantitative estimate of drug-likeness (QED) is 0.479. The van der Waals surface area contributed by atoms with Crippen molar-refractivity contribution < 1.29 is 33.4 Å². The summed E-state index contributed by atoms with van der Waals surface area (Å²) in [6.07, 6.45) is 1.92. The third-order valence-corrected chi connectivity index (χ3v) is 4.74. The van der Waals surface area contributed by atoms with Gasteiger partial charge in [-0.05, 0) is 48.9 Å². The Morgan fingerprint density at radius 1 is 1.18 bits per heavy atom. The summed E-state index contributed by atoms with van der Waals surface area (Å²) in [5.74, 6) is -1.19. The van der Waals surface area contributed by atoms with Gasteiger partial charge in [-0.3, -0.25) is 19.3 Å². The Morgan fingerprint density at radius 2 is 1.86 bits per heavy atom. The molecule has 1 aliphatic rings. The van der Waals surface area contributed by atoms with E-state index >= 15 is 0 Å². The maximum absolute atomic E-state index is 12.4. The molecule has 1 fully saturated rings. The second-order valence-corrected chi connectivity index (χ2v) is 6.90. The van der Waals surface area contributed by atoms with Crippen LogP contribution in [0.2, 0.25) is 0 Å². The number of carbonyl (C=O) groups is 4. The SMILES string of the molecule is CC[C@@H](C)OC(=O)CN1C(=O)S/C(=C\c2ccc(OCC(=O)OC)cc2)C1=O. The van der Waals surface area contributed by atoms with Gasteiger partial charge >= 0.3 is 11.9 Å². The summed E-state index contributed by atoms with van der Waals surface area (Å²) < 4.78 is 14.8. The van der Waals surface area contributed by atoms with Gasteiger partial charge in [0, 0.05) is 0 Å². The van der Waals surface area contributed by atoms with Crippen molar-refractivity contribution in [3.05, 3.63) is 34.7 Å². The molecule has 1 aromatic carbocycles. The Balaban J connectivity index is 2.00. The number of methoxy groups -OCH3 is 1. The smallest absolute Gasteiger partial charge is 0.343 e. The lowest BCUT2D eigenvalue weighted by atomic mass is 10.2. The van der Waals surface area contributed by atoms with Crippen LogP contribution >= 0.6 is 11.8 Å². The minimum atomic E-state index is -0.620. The number of amides is 2. The number of imide groups is 1. The first-order valence-electron chi connectivity index (χ1n) is 8.58. The lowest BCUT2D eigenvalue weighted by molar-refractivity contribution is -0.150. The van der Waals surface area contributed by atoms with E-state index in [-0.39, 0.29) is 17.6 Å². The van der Waals surface area contributed by atoms with Gasteiger partial charge in [0.1, 0.15) is 12.3 Å². The van der Waals surface area contributed by atoms with Gasteiger partial charge in [0.2, 0.25) is 0 Å². The van der Waals surface area contributed by atoms with Gasteiger partial charge in [0.05, 0.1) is 18.1 Å². The Hall–Kier alpha value is -2.81. The van der Waals surface area contributed by atoms with Crippen LogP contribution in [0.4, 0.5) is 4.79 Å². The maximum Gasteiger partial charge on any atom is 0.343 e. The molecule has 8 nitrogen and oxygen atoms in total. The van der Waals surface area contributed by atoms with E-state index in [1.54, 1.807) is 37.3 Å². The number of benzene rings is 1. The Bertz CT molecular complexity index is 788. The molecule has 0 saturated carbocycles. The van der Waals surface area contributed by atoms with Crippen LogP contribution in [-0.4, -0.2) is 54.4 Å². The van der Waals surface area contributed by atoms with Gasteiger partial charge in [-0.25, -0.2) is 4.79 Å². The summed E-state index contributed by atoms with van der Waals surface area (Å²) in [5.41, 5.74) is 0.665. The second-order valence-electron chi connectivity index (χ2n) is 5.91. The fourth-order valence-corrected chi connectivity index (χ4v) is 2.96. The van der Waals surface area contributed by atoms with Crippen molar-refractivity contribution in [1.29, 1.82) is 0 Å². The third-order valence-electron chi connectivity index (χ3n) is 3.83. The van der Waals surface area contributed by atoms with Gasteiger partial charge < -0.3 is 14.2 Å². The van der Waals surface area contributed by atoms with E-state index < -0.39 is 29.6 Å². The first kappa shape index (κ1) is 21.5. The highest BCUT2D eigenvalue weighted by Gasteiger charge is 2.36. The summed E-state index contributed by atoms with van der Waals surface area (Å²) in [6, 6.07) is 6.61. The van der Waals surface area contributed by atoms with Crippen molar-refractivity contribution in [2.45, 2.75) is 26.4 Å². The summed E-state index contributed by atoms with van der Waals surface area (Å²) in [7, 11) is 1.27. The van der Waals surface area contributed by atoms with Gasteiger partial charge in [0.25, 0.3) is 11.1 Å². The lowest BCUT2D eigenvalue weighted by Crippen LogP contribution is -2.35. The Morgan fingerprint density at radius 3 is 2.46 bits per heavy atom. The van der Waals surface area contributed by atoms with Gasteiger partial charge in [-0.1, -0.05) is 19.1 Å². The summed E-state index contributed by atoms with van der Waals surface area (Å²) >= 11 is 0.763. The molecule has 1 atom stereocenters. The molecule has 1 saturated heterocycles. The predicted molar refractivity (Wildman–Crippen MR) is 102 cm³/mol. The van der Waals surface area contributed by atoms with Gasteiger partial charge in [-0.2, -0.15) is 0 Å². The zero-order valence-corrected chi connectivity index (χ0v) is 16.6. The molecule has 9 heteroatoms. The molecule has 0 N–H and O–H groups in total. The molecule has 0 radical (unpaired) electrons. The third kappa shape index (κ3) is 5.85.